The monoisotopic (exact) mass is 271 g/mol. The van der Waals surface area contributed by atoms with Crippen molar-refractivity contribution in [2.75, 3.05) is 0 Å². The van der Waals surface area contributed by atoms with Crippen LogP contribution in [0.5, 0.6) is 0 Å². The third-order valence-corrected chi connectivity index (χ3v) is 4.16. The van der Waals surface area contributed by atoms with Crippen LogP contribution in [0.15, 0.2) is 48.5 Å². The standard InChI is InChI=1S/C17H18ClN/c1-12(13-6-8-16(18)9-7-13)19-17-10-14-4-2-3-5-15(14)11-17/h2-9,12,17,19H,10-11H2,1H3/t12-/m0/s1. The van der Waals surface area contributed by atoms with Gasteiger partial charge in [-0.25, -0.2) is 0 Å². The summed E-state index contributed by atoms with van der Waals surface area (Å²) in [7, 11) is 0. The highest BCUT2D eigenvalue weighted by atomic mass is 35.5. The summed E-state index contributed by atoms with van der Waals surface area (Å²) in [5.41, 5.74) is 4.27. The van der Waals surface area contributed by atoms with Crippen LogP contribution in [0.4, 0.5) is 0 Å². The third-order valence-electron chi connectivity index (χ3n) is 3.91. The molecular formula is C17H18ClN. The molecule has 98 valence electrons. The van der Waals surface area contributed by atoms with Crippen LogP contribution in [0.25, 0.3) is 0 Å². The van der Waals surface area contributed by atoms with E-state index in [4.69, 9.17) is 11.6 Å². The number of hydrogen-bond donors (Lipinski definition) is 1. The molecular weight excluding hydrogens is 254 g/mol. The summed E-state index contributed by atoms with van der Waals surface area (Å²) in [4.78, 5) is 0. The average Bonchev–Trinajstić information content (AvgIpc) is 2.81. The van der Waals surface area contributed by atoms with Gasteiger partial charge in [-0.15, -0.1) is 0 Å². The van der Waals surface area contributed by atoms with Crippen LogP contribution in [0.1, 0.15) is 29.7 Å². The molecule has 1 N–H and O–H groups in total. The number of rotatable bonds is 3. The minimum Gasteiger partial charge on any atom is -0.307 e. The lowest BCUT2D eigenvalue weighted by molar-refractivity contribution is 0.467. The Kier molecular flexibility index (Phi) is 3.58. The number of benzene rings is 2. The van der Waals surface area contributed by atoms with Crippen molar-refractivity contribution in [2.45, 2.75) is 31.8 Å². The van der Waals surface area contributed by atoms with E-state index in [9.17, 15) is 0 Å². The summed E-state index contributed by atoms with van der Waals surface area (Å²) in [6.45, 7) is 2.21. The second-order valence-electron chi connectivity index (χ2n) is 5.31. The predicted molar refractivity (Wildman–Crippen MR) is 80.6 cm³/mol. The van der Waals surface area contributed by atoms with Gasteiger partial charge in [-0.05, 0) is 48.6 Å². The van der Waals surface area contributed by atoms with Gasteiger partial charge >= 0.3 is 0 Å². The SMILES string of the molecule is C[C@H](NC1Cc2ccccc2C1)c1ccc(Cl)cc1. The van der Waals surface area contributed by atoms with E-state index in [-0.39, 0.29) is 0 Å². The summed E-state index contributed by atoms with van der Waals surface area (Å²) < 4.78 is 0. The van der Waals surface area contributed by atoms with Crippen molar-refractivity contribution in [2.24, 2.45) is 0 Å². The lowest BCUT2D eigenvalue weighted by Gasteiger charge is -2.19. The molecule has 2 heteroatoms. The van der Waals surface area contributed by atoms with E-state index in [2.05, 4.69) is 48.6 Å². The van der Waals surface area contributed by atoms with Crippen LogP contribution in [-0.4, -0.2) is 6.04 Å². The minimum absolute atomic E-state index is 0.358. The van der Waals surface area contributed by atoms with Gasteiger partial charge in [0.1, 0.15) is 0 Å². The molecule has 0 unspecified atom stereocenters. The van der Waals surface area contributed by atoms with Crippen LogP contribution in [-0.2, 0) is 12.8 Å². The summed E-state index contributed by atoms with van der Waals surface area (Å²) in [6.07, 6.45) is 2.27. The van der Waals surface area contributed by atoms with Gasteiger partial charge < -0.3 is 5.32 Å². The Hall–Kier alpha value is -1.31. The molecule has 0 aromatic heterocycles. The molecule has 1 nitrogen and oxygen atoms in total. The second kappa shape index (κ2) is 5.36. The van der Waals surface area contributed by atoms with Gasteiger partial charge in [0.15, 0.2) is 0 Å². The van der Waals surface area contributed by atoms with E-state index in [1.165, 1.54) is 16.7 Å². The lowest BCUT2D eigenvalue weighted by atomic mass is 10.1. The van der Waals surface area contributed by atoms with E-state index in [1.54, 1.807) is 0 Å². The fourth-order valence-corrected chi connectivity index (χ4v) is 3.00. The first-order valence-electron chi connectivity index (χ1n) is 6.80. The normalized spacial score (nSPS) is 16.3. The van der Waals surface area contributed by atoms with Gasteiger partial charge in [-0.3, -0.25) is 0 Å². The summed E-state index contributed by atoms with van der Waals surface area (Å²) in [5.74, 6) is 0. The molecule has 0 heterocycles. The molecule has 3 rings (SSSR count). The largest absolute Gasteiger partial charge is 0.307 e. The van der Waals surface area contributed by atoms with Gasteiger partial charge in [0.25, 0.3) is 0 Å². The predicted octanol–water partition coefficient (Wildman–Crippen LogP) is 4.16. The van der Waals surface area contributed by atoms with Crippen LogP contribution in [0, 0.1) is 0 Å². The molecule has 2 aromatic rings. The number of nitrogens with one attached hydrogen (secondary N) is 1. The average molecular weight is 272 g/mol. The van der Waals surface area contributed by atoms with E-state index < -0.39 is 0 Å². The van der Waals surface area contributed by atoms with E-state index in [0.29, 0.717) is 12.1 Å². The van der Waals surface area contributed by atoms with Gasteiger partial charge in [0, 0.05) is 17.1 Å². The van der Waals surface area contributed by atoms with Crippen LogP contribution >= 0.6 is 11.6 Å². The highest BCUT2D eigenvalue weighted by Crippen LogP contribution is 2.24. The van der Waals surface area contributed by atoms with Gasteiger partial charge in [0.05, 0.1) is 0 Å². The molecule has 0 radical (unpaired) electrons. The van der Waals surface area contributed by atoms with Crippen molar-refractivity contribution in [3.63, 3.8) is 0 Å². The number of fused-ring (bicyclic) bond motifs is 1. The molecule has 19 heavy (non-hydrogen) atoms. The van der Waals surface area contributed by atoms with Gasteiger partial charge in [0.2, 0.25) is 0 Å². The Morgan fingerprint density at radius 2 is 1.58 bits per heavy atom. The van der Waals surface area contributed by atoms with Crippen molar-refractivity contribution in [3.8, 4) is 0 Å². The Labute approximate surface area is 119 Å². The molecule has 0 spiro atoms. The zero-order chi connectivity index (χ0) is 13.2. The summed E-state index contributed by atoms with van der Waals surface area (Å²) >= 11 is 5.93. The first-order valence-corrected chi connectivity index (χ1v) is 7.18. The highest BCUT2D eigenvalue weighted by Gasteiger charge is 2.22. The molecule has 1 aliphatic carbocycles. The van der Waals surface area contributed by atoms with Crippen molar-refractivity contribution < 1.29 is 0 Å². The van der Waals surface area contributed by atoms with Crippen LogP contribution in [0.2, 0.25) is 5.02 Å². The Morgan fingerprint density at radius 1 is 1.00 bits per heavy atom. The van der Waals surface area contributed by atoms with Crippen molar-refractivity contribution in [1.29, 1.82) is 0 Å². The Bertz CT molecular complexity index is 537. The maximum Gasteiger partial charge on any atom is 0.0406 e. The van der Waals surface area contributed by atoms with E-state index in [0.717, 1.165) is 17.9 Å². The van der Waals surface area contributed by atoms with Crippen molar-refractivity contribution >= 4 is 11.6 Å². The molecule has 0 saturated carbocycles. The van der Waals surface area contributed by atoms with Gasteiger partial charge in [-0.2, -0.15) is 0 Å². The minimum atomic E-state index is 0.358. The van der Waals surface area contributed by atoms with Crippen LogP contribution < -0.4 is 5.32 Å². The zero-order valence-corrected chi connectivity index (χ0v) is 11.8. The Morgan fingerprint density at radius 3 is 2.16 bits per heavy atom. The van der Waals surface area contributed by atoms with Crippen molar-refractivity contribution in [1.82, 2.24) is 5.32 Å². The fourth-order valence-electron chi connectivity index (χ4n) is 2.88. The van der Waals surface area contributed by atoms with Gasteiger partial charge in [-0.1, -0.05) is 48.0 Å². The summed E-state index contributed by atoms with van der Waals surface area (Å²) in [6, 6.07) is 17.8. The maximum absolute atomic E-state index is 5.93. The molecule has 0 aliphatic heterocycles. The third kappa shape index (κ3) is 2.83. The molecule has 0 saturated heterocycles. The molecule has 2 aromatic carbocycles. The van der Waals surface area contributed by atoms with E-state index in [1.807, 2.05) is 12.1 Å². The Balaban J connectivity index is 1.66. The smallest absolute Gasteiger partial charge is 0.0406 e. The van der Waals surface area contributed by atoms with E-state index >= 15 is 0 Å². The quantitative estimate of drug-likeness (QED) is 0.884. The first-order chi connectivity index (χ1) is 9.22. The molecule has 1 atom stereocenters. The molecule has 0 fully saturated rings. The molecule has 1 aliphatic rings. The van der Waals surface area contributed by atoms with Crippen LogP contribution in [0.3, 0.4) is 0 Å². The fraction of sp³-hybridized carbons (Fsp3) is 0.294. The zero-order valence-electron chi connectivity index (χ0n) is 11.1. The topological polar surface area (TPSA) is 12.0 Å². The number of halogens is 1. The maximum atomic E-state index is 5.93. The number of hydrogen-bond acceptors (Lipinski definition) is 1. The first kappa shape index (κ1) is 12.7. The van der Waals surface area contributed by atoms with Crippen molar-refractivity contribution in [3.05, 3.63) is 70.2 Å². The lowest BCUT2D eigenvalue weighted by Crippen LogP contribution is -2.32. The second-order valence-corrected chi connectivity index (χ2v) is 5.75. The highest BCUT2D eigenvalue weighted by molar-refractivity contribution is 6.30. The molecule has 0 bridgehead atoms. The summed E-state index contributed by atoms with van der Waals surface area (Å²) in [5, 5.41) is 4.51. The molecule has 0 amide bonds.